The molecule has 0 spiro atoms. The van der Waals surface area contributed by atoms with Crippen LogP contribution >= 0.6 is 0 Å². The third kappa shape index (κ3) is 3.00. The molecule has 2 saturated heterocycles. The van der Waals surface area contributed by atoms with Crippen LogP contribution in [-0.2, 0) is 18.9 Å². The predicted octanol–water partition coefficient (Wildman–Crippen LogP) is -0.951. The van der Waals surface area contributed by atoms with Gasteiger partial charge in [-0.25, -0.2) is 9.59 Å². The number of nitrogens with zero attached hydrogens (tertiary/aromatic N) is 1. The Hall–Kier alpha value is -2.17. The smallest absolute Gasteiger partial charge is 0.404 e. The molecule has 4 atom stereocenters. The van der Waals surface area contributed by atoms with Crippen molar-refractivity contribution in [3.63, 3.8) is 0 Å². The van der Waals surface area contributed by atoms with Crippen LogP contribution in [-0.4, -0.2) is 46.4 Å². The molecule has 3 heterocycles. The zero-order chi connectivity index (χ0) is 16.8. The number of ether oxygens (including phenoxy) is 4. The quantitative estimate of drug-likeness (QED) is 0.730. The molecule has 10 nitrogen and oxygen atoms in total. The van der Waals surface area contributed by atoms with Crippen molar-refractivity contribution < 1.29 is 23.7 Å². The van der Waals surface area contributed by atoms with Crippen LogP contribution in [0.4, 0.5) is 4.79 Å². The lowest BCUT2D eigenvalue weighted by Crippen LogP contribution is -2.37. The van der Waals surface area contributed by atoms with Crippen LogP contribution in [0.15, 0.2) is 21.9 Å². The molecule has 0 saturated carbocycles. The number of hydrogen-bond acceptors (Lipinski definition) is 7. The molecule has 2 fully saturated rings. The number of fused-ring (bicyclic) bond motifs is 1. The van der Waals surface area contributed by atoms with Crippen LogP contribution in [0.1, 0.15) is 20.1 Å². The Balaban J connectivity index is 1.90. The van der Waals surface area contributed by atoms with Gasteiger partial charge in [0, 0.05) is 12.3 Å². The lowest BCUT2D eigenvalue weighted by Gasteiger charge is -2.24. The van der Waals surface area contributed by atoms with Crippen LogP contribution in [0.2, 0.25) is 0 Å². The van der Waals surface area contributed by atoms with Gasteiger partial charge in [0.05, 0.1) is 0 Å². The van der Waals surface area contributed by atoms with Gasteiger partial charge in [0.15, 0.2) is 12.0 Å². The molecule has 0 bridgehead atoms. The van der Waals surface area contributed by atoms with E-state index >= 15 is 0 Å². The Morgan fingerprint density at radius 2 is 2.09 bits per heavy atom. The van der Waals surface area contributed by atoms with Crippen LogP contribution in [0.5, 0.6) is 0 Å². The molecule has 1 aromatic heterocycles. The minimum atomic E-state index is -0.937. The molecular formula is C13H17N3O7. The first-order valence-corrected chi connectivity index (χ1v) is 7.02. The topological polar surface area (TPSA) is 135 Å². The highest BCUT2D eigenvalue weighted by Crippen LogP contribution is 2.42. The van der Waals surface area contributed by atoms with Crippen LogP contribution in [0.25, 0.3) is 0 Å². The number of rotatable bonds is 3. The summed E-state index contributed by atoms with van der Waals surface area (Å²) in [6, 6.07) is 1.20. The average molecular weight is 327 g/mol. The van der Waals surface area contributed by atoms with Gasteiger partial charge in [0.1, 0.15) is 24.9 Å². The van der Waals surface area contributed by atoms with Gasteiger partial charge in [-0.05, 0) is 13.8 Å². The van der Waals surface area contributed by atoms with E-state index in [1.54, 1.807) is 13.8 Å². The molecule has 23 heavy (non-hydrogen) atoms. The third-order valence-corrected chi connectivity index (χ3v) is 3.64. The van der Waals surface area contributed by atoms with E-state index in [-0.39, 0.29) is 6.61 Å². The normalized spacial score (nSPS) is 31.7. The Bertz CT molecular complexity index is 725. The monoisotopic (exact) mass is 327 g/mol. The summed E-state index contributed by atoms with van der Waals surface area (Å²) >= 11 is 0. The fraction of sp³-hybridized carbons (Fsp3) is 0.615. The summed E-state index contributed by atoms with van der Waals surface area (Å²) < 4.78 is 23.3. The predicted molar refractivity (Wildman–Crippen MR) is 74.6 cm³/mol. The van der Waals surface area contributed by atoms with E-state index in [1.807, 2.05) is 0 Å². The number of carbonyl (C=O) groups is 1. The van der Waals surface area contributed by atoms with Gasteiger partial charge in [0.25, 0.3) is 5.56 Å². The molecular weight excluding hydrogens is 310 g/mol. The number of hydrogen-bond donors (Lipinski definition) is 2. The van der Waals surface area contributed by atoms with Crippen molar-refractivity contribution in [2.45, 2.75) is 44.2 Å². The van der Waals surface area contributed by atoms with Gasteiger partial charge in [-0.3, -0.25) is 14.3 Å². The molecule has 0 aliphatic carbocycles. The van der Waals surface area contributed by atoms with E-state index < -0.39 is 47.7 Å². The standard InChI is InChI=1S/C13H17N3O7/c1-13(2)22-8-6(5-20-11(14)18)21-10(9(8)23-13)16-4-3-7(17)15-12(16)19/h3-4,6,8-10H,5H2,1-2H3,(H2,14,18)(H,15,17,19)/t6-,8?,9?,10-/m1/s1. The highest BCUT2D eigenvalue weighted by atomic mass is 16.8. The summed E-state index contributed by atoms with van der Waals surface area (Å²) in [6.45, 7) is 3.32. The summed E-state index contributed by atoms with van der Waals surface area (Å²) in [5.41, 5.74) is 3.82. The molecule has 3 N–H and O–H groups in total. The van der Waals surface area contributed by atoms with Crippen LogP contribution in [0.3, 0.4) is 0 Å². The Morgan fingerprint density at radius 3 is 2.74 bits per heavy atom. The zero-order valence-electron chi connectivity index (χ0n) is 12.6. The van der Waals surface area contributed by atoms with Crippen molar-refractivity contribution in [2.24, 2.45) is 5.73 Å². The first kappa shape index (κ1) is 15.7. The summed E-state index contributed by atoms with van der Waals surface area (Å²) in [5.74, 6) is -0.881. The molecule has 0 aromatic carbocycles. The maximum absolute atomic E-state index is 12.0. The van der Waals surface area contributed by atoms with Gasteiger partial charge >= 0.3 is 11.8 Å². The second-order valence-electron chi connectivity index (χ2n) is 5.78. The van der Waals surface area contributed by atoms with E-state index in [2.05, 4.69) is 4.98 Å². The van der Waals surface area contributed by atoms with Crippen LogP contribution in [0, 0.1) is 0 Å². The summed E-state index contributed by atoms with van der Waals surface area (Å²) in [7, 11) is 0. The second-order valence-corrected chi connectivity index (χ2v) is 5.78. The van der Waals surface area contributed by atoms with Gasteiger partial charge in [-0.1, -0.05) is 0 Å². The molecule has 10 heteroatoms. The van der Waals surface area contributed by atoms with Crippen LogP contribution < -0.4 is 17.0 Å². The molecule has 1 amide bonds. The first-order chi connectivity index (χ1) is 10.8. The van der Waals surface area contributed by atoms with Gasteiger partial charge in [-0.15, -0.1) is 0 Å². The lowest BCUT2D eigenvalue weighted by atomic mass is 10.1. The van der Waals surface area contributed by atoms with Gasteiger partial charge in [-0.2, -0.15) is 0 Å². The van der Waals surface area contributed by atoms with Crippen molar-refractivity contribution in [1.82, 2.24) is 9.55 Å². The van der Waals surface area contributed by atoms with E-state index in [0.29, 0.717) is 0 Å². The minimum absolute atomic E-state index is 0.134. The lowest BCUT2D eigenvalue weighted by molar-refractivity contribution is -0.200. The maximum Gasteiger partial charge on any atom is 0.404 e. The molecule has 126 valence electrons. The number of primary amides is 1. The number of nitrogens with two attached hydrogens (primary N) is 1. The zero-order valence-corrected chi connectivity index (χ0v) is 12.6. The first-order valence-electron chi connectivity index (χ1n) is 7.02. The molecule has 2 aliphatic heterocycles. The van der Waals surface area contributed by atoms with Crippen molar-refractivity contribution in [1.29, 1.82) is 0 Å². The number of H-pyrrole nitrogens is 1. The van der Waals surface area contributed by atoms with E-state index in [4.69, 9.17) is 24.7 Å². The molecule has 1 aromatic rings. The fourth-order valence-corrected chi connectivity index (χ4v) is 2.81. The number of amides is 1. The molecule has 0 radical (unpaired) electrons. The number of carbonyl (C=O) groups excluding carboxylic acids is 1. The SMILES string of the molecule is CC1(C)OC2C(O1)[C@@H](COC(N)=O)O[C@H]2n1ccc(=O)[nH]c1=O. The number of nitrogens with one attached hydrogen (secondary N) is 1. The van der Waals surface area contributed by atoms with Crippen molar-refractivity contribution >= 4 is 6.09 Å². The average Bonchev–Trinajstić information content (AvgIpc) is 2.90. The summed E-state index contributed by atoms with van der Waals surface area (Å²) in [6.07, 6.45) is -2.25. The summed E-state index contributed by atoms with van der Waals surface area (Å²) in [5, 5.41) is 0. The highest BCUT2D eigenvalue weighted by molar-refractivity contribution is 5.64. The molecule has 2 aliphatic rings. The Labute approximate surface area is 130 Å². The van der Waals surface area contributed by atoms with Crippen molar-refractivity contribution in [3.05, 3.63) is 33.1 Å². The third-order valence-electron chi connectivity index (χ3n) is 3.64. The largest absolute Gasteiger partial charge is 0.447 e. The van der Waals surface area contributed by atoms with Gasteiger partial charge in [0.2, 0.25) is 0 Å². The Morgan fingerprint density at radius 1 is 1.39 bits per heavy atom. The number of aromatic amines is 1. The maximum atomic E-state index is 12.0. The molecule has 3 rings (SSSR count). The van der Waals surface area contributed by atoms with E-state index in [0.717, 1.165) is 0 Å². The Kier molecular flexibility index (Phi) is 3.74. The van der Waals surface area contributed by atoms with Crippen molar-refractivity contribution in [3.8, 4) is 0 Å². The number of aromatic nitrogens is 2. The van der Waals surface area contributed by atoms with Crippen molar-refractivity contribution in [2.75, 3.05) is 6.61 Å². The van der Waals surface area contributed by atoms with Gasteiger partial charge < -0.3 is 24.7 Å². The second kappa shape index (κ2) is 5.48. The fourth-order valence-electron chi connectivity index (χ4n) is 2.81. The highest BCUT2D eigenvalue weighted by Gasteiger charge is 2.56. The molecule has 2 unspecified atom stereocenters. The minimum Gasteiger partial charge on any atom is -0.447 e. The van der Waals surface area contributed by atoms with E-state index in [9.17, 15) is 14.4 Å². The van der Waals surface area contributed by atoms with E-state index in [1.165, 1.54) is 16.8 Å². The summed E-state index contributed by atoms with van der Waals surface area (Å²) in [4.78, 5) is 36.1.